The Morgan fingerprint density at radius 2 is 1.75 bits per heavy atom. The molecule has 0 heterocycles. The molecule has 3 N–H and O–H groups in total. The van der Waals surface area contributed by atoms with Crippen molar-refractivity contribution in [2.75, 3.05) is 20.8 Å². The van der Waals surface area contributed by atoms with Gasteiger partial charge in [-0.1, -0.05) is 0 Å². The van der Waals surface area contributed by atoms with Crippen molar-refractivity contribution >= 4 is 30.1 Å². The summed E-state index contributed by atoms with van der Waals surface area (Å²) in [6, 6.07) is 0. The number of hydrogen-bond donors (Lipinski definition) is 3. The van der Waals surface area contributed by atoms with Crippen LogP contribution in [0.25, 0.3) is 0 Å². The summed E-state index contributed by atoms with van der Waals surface area (Å²) in [6.45, 7) is 2.85. The molecule has 0 rings (SSSR count). The SMILES string of the molecule is C#CSI.COC(OC)C(O)CC(O)COC(C)(C)O. The summed E-state index contributed by atoms with van der Waals surface area (Å²) in [4.78, 5) is 0. The second kappa shape index (κ2) is 13.1. The van der Waals surface area contributed by atoms with E-state index in [1.54, 1.807) is 0 Å². The van der Waals surface area contributed by atoms with Gasteiger partial charge in [0.1, 0.15) is 6.10 Å². The molecule has 0 bridgehead atoms. The Hall–Kier alpha value is 0.400. The average Bonchev–Trinajstić information content (AvgIpc) is 2.37. The highest BCUT2D eigenvalue weighted by atomic mass is 127. The molecule has 2 unspecified atom stereocenters. The molecule has 0 aliphatic heterocycles. The van der Waals surface area contributed by atoms with Gasteiger partial charge in [-0.25, -0.2) is 0 Å². The Labute approximate surface area is 136 Å². The number of ether oxygens (including phenoxy) is 3. The zero-order valence-corrected chi connectivity index (χ0v) is 15.1. The smallest absolute Gasteiger partial charge is 0.182 e. The number of halogens is 1. The molecule has 0 aliphatic rings. The second-order valence-electron chi connectivity index (χ2n) is 4.25. The predicted molar refractivity (Wildman–Crippen MR) is 87.1 cm³/mol. The Morgan fingerprint density at radius 1 is 1.30 bits per heavy atom. The molecule has 0 aromatic heterocycles. The van der Waals surface area contributed by atoms with E-state index in [2.05, 4.69) is 5.25 Å². The molecule has 0 saturated heterocycles. The van der Waals surface area contributed by atoms with Gasteiger partial charge in [-0.2, -0.15) is 0 Å². The van der Waals surface area contributed by atoms with Crippen LogP contribution in [0.4, 0.5) is 0 Å². The lowest BCUT2D eigenvalue weighted by Crippen LogP contribution is -2.36. The van der Waals surface area contributed by atoms with Crippen LogP contribution in [0.2, 0.25) is 0 Å². The number of aliphatic hydroxyl groups is 3. The van der Waals surface area contributed by atoms with E-state index in [1.807, 2.05) is 21.2 Å². The van der Waals surface area contributed by atoms with Crippen LogP contribution in [0.1, 0.15) is 20.3 Å². The van der Waals surface area contributed by atoms with E-state index < -0.39 is 24.3 Å². The van der Waals surface area contributed by atoms with Gasteiger partial charge < -0.3 is 29.5 Å². The molecule has 120 valence electrons. The van der Waals surface area contributed by atoms with Crippen molar-refractivity contribution < 1.29 is 29.5 Å². The lowest BCUT2D eigenvalue weighted by Gasteiger charge is -2.24. The molecular weight excluding hydrogens is 399 g/mol. The zero-order valence-electron chi connectivity index (χ0n) is 12.1. The summed E-state index contributed by atoms with van der Waals surface area (Å²) in [5.41, 5.74) is 0. The molecule has 20 heavy (non-hydrogen) atoms. The molecule has 0 aromatic carbocycles. The van der Waals surface area contributed by atoms with Crippen molar-refractivity contribution in [1.29, 1.82) is 0 Å². The number of hydrogen-bond acceptors (Lipinski definition) is 7. The van der Waals surface area contributed by atoms with E-state index in [9.17, 15) is 15.3 Å². The van der Waals surface area contributed by atoms with E-state index in [0.29, 0.717) is 0 Å². The van der Waals surface area contributed by atoms with E-state index in [1.165, 1.54) is 37.0 Å². The van der Waals surface area contributed by atoms with Gasteiger partial charge in [-0.15, -0.1) is 6.42 Å². The molecule has 0 aliphatic carbocycles. The molecular formula is C12H23IO6S. The van der Waals surface area contributed by atoms with Crippen LogP contribution in [-0.2, 0) is 14.2 Å². The standard InChI is InChI=1S/C10H22O6.C2HIS/c1-10(2,13)16-6-7(11)5-8(12)9(14-3)15-4;1-2-4-3/h7-9,11-13H,5-6H2,1-4H3;1H. The third-order valence-corrected chi connectivity index (χ3v) is 2.82. The summed E-state index contributed by atoms with van der Waals surface area (Å²) < 4.78 is 14.6. The number of methoxy groups -OCH3 is 2. The van der Waals surface area contributed by atoms with Gasteiger partial charge in [0.05, 0.1) is 12.7 Å². The third-order valence-electron chi connectivity index (χ3n) is 1.97. The molecule has 6 nitrogen and oxygen atoms in total. The highest BCUT2D eigenvalue weighted by Crippen LogP contribution is 2.10. The maximum Gasteiger partial charge on any atom is 0.182 e. The first-order valence-corrected chi connectivity index (χ1v) is 9.09. The molecule has 0 spiro atoms. The molecule has 0 fully saturated rings. The van der Waals surface area contributed by atoms with Crippen molar-refractivity contribution in [2.24, 2.45) is 0 Å². The average molecular weight is 422 g/mol. The van der Waals surface area contributed by atoms with Gasteiger partial charge in [0, 0.05) is 41.8 Å². The van der Waals surface area contributed by atoms with Crippen molar-refractivity contribution in [3.8, 4) is 11.7 Å². The van der Waals surface area contributed by atoms with Crippen LogP contribution in [0.5, 0.6) is 0 Å². The van der Waals surface area contributed by atoms with E-state index >= 15 is 0 Å². The first-order valence-electron chi connectivity index (χ1n) is 5.73. The Morgan fingerprint density at radius 3 is 2.05 bits per heavy atom. The number of rotatable bonds is 8. The normalized spacial score (nSPS) is 14.2. The Balaban J connectivity index is 0. The maximum absolute atomic E-state index is 9.58. The van der Waals surface area contributed by atoms with Crippen LogP contribution < -0.4 is 0 Å². The van der Waals surface area contributed by atoms with Crippen LogP contribution in [0, 0.1) is 11.7 Å². The Kier molecular flexibility index (Phi) is 14.8. The van der Waals surface area contributed by atoms with Gasteiger partial charge in [-0.05, 0) is 28.0 Å². The molecule has 0 aromatic rings. The minimum Gasteiger partial charge on any atom is -0.391 e. The van der Waals surface area contributed by atoms with Crippen LogP contribution in [0.3, 0.4) is 0 Å². The largest absolute Gasteiger partial charge is 0.391 e. The monoisotopic (exact) mass is 422 g/mol. The molecule has 0 saturated carbocycles. The highest BCUT2D eigenvalue weighted by Gasteiger charge is 2.23. The highest BCUT2D eigenvalue weighted by molar-refractivity contribution is 14.2. The van der Waals surface area contributed by atoms with Crippen LogP contribution >= 0.6 is 30.1 Å². The van der Waals surface area contributed by atoms with Crippen molar-refractivity contribution in [3.63, 3.8) is 0 Å². The van der Waals surface area contributed by atoms with E-state index in [0.717, 1.165) is 0 Å². The van der Waals surface area contributed by atoms with Gasteiger partial charge in [-0.3, -0.25) is 0 Å². The fourth-order valence-electron chi connectivity index (χ4n) is 1.17. The summed E-state index contributed by atoms with van der Waals surface area (Å²) in [5, 5.41) is 30.7. The predicted octanol–water partition coefficient (Wildman–Crippen LogP) is 1.12. The molecule has 0 amide bonds. The molecule has 8 heteroatoms. The van der Waals surface area contributed by atoms with E-state index in [4.69, 9.17) is 20.6 Å². The fourth-order valence-corrected chi connectivity index (χ4v) is 1.17. The third kappa shape index (κ3) is 14.8. The Bertz CT molecular complexity index is 262. The minimum atomic E-state index is -1.30. The van der Waals surface area contributed by atoms with Crippen molar-refractivity contribution in [1.82, 2.24) is 0 Å². The minimum absolute atomic E-state index is 0.0441. The fraction of sp³-hybridized carbons (Fsp3) is 0.833. The van der Waals surface area contributed by atoms with Gasteiger partial charge >= 0.3 is 0 Å². The summed E-state index contributed by atoms with van der Waals surface area (Å²) in [5.74, 6) is -1.30. The van der Waals surface area contributed by atoms with Crippen molar-refractivity contribution in [2.45, 2.75) is 44.6 Å². The second-order valence-corrected chi connectivity index (χ2v) is 5.96. The summed E-state index contributed by atoms with van der Waals surface area (Å²) in [6.07, 6.45) is 2.15. The molecule has 2 atom stereocenters. The van der Waals surface area contributed by atoms with Crippen molar-refractivity contribution in [3.05, 3.63) is 0 Å². The zero-order chi connectivity index (χ0) is 16.2. The van der Waals surface area contributed by atoms with E-state index in [-0.39, 0.29) is 13.0 Å². The van der Waals surface area contributed by atoms with Gasteiger partial charge in [0.15, 0.2) is 12.1 Å². The maximum atomic E-state index is 9.58. The summed E-state index contributed by atoms with van der Waals surface area (Å²) in [7, 11) is 4.15. The lowest BCUT2D eigenvalue weighted by atomic mass is 10.1. The topological polar surface area (TPSA) is 88.4 Å². The first-order chi connectivity index (χ1) is 9.21. The number of terminal acetylenes is 1. The van der Waals surface area contributed by atoms with Crippen LogP contribution in [0.15, 0.2) is 0 Å². The molecule has 0 radical (unpaired) electrons. The first kappa shape index (κ1) is 22.7. The summed E-state index contributed by atoms with van der Waals surface area (Å²) >= 11 is 2.03. The lowest BCUT2D eigenvalue weighted by molar-refractivity contribution is -0.201. The van der Waals surface area contributed by atoms with Gasteiger partial charge in [0.2, 0.25) is 0 Å². The van der Waals surface area contributed by atoms with Gasteiger partial charge in [0.25, 0.3) is 0 Å². The quantitative estimate of drug-likeness (QED) is 0.307. The van der Waals surface area contributed by atoms with Crippen LogP contribution in [-0.4, -0.2) is 60.4 Å². The number of aliphatic hydroxyl groups excluding tert-OH is 2.